The van der Waals surface area contributed by atoms with Gasteiger partial charge in [-0.1, -0.05) is 30.7 Å². The van der Waals surface area contributed by atoms with E-state index in [2.05, 4.69) is 10.1 Å². The third kappa shape index (κ3) is 5.36. The van der Waals surface area contributed by atoms with Gasteiger partial charge in [-0.05, 0) is 24.1 Å². The zero-order valence-corrected chi connectivity index (χ0v) is 13.2. The summed E-state index contributed by atoms with van der Waals surface area (Å²) >= 11 is 5.88. The van der Waals surface area contributed by atoms with Crippen molar-refractivity contribution in [1.29, 1.82) is 0 Å². The van der Waals surface area contributed by atoms with Crippen molar-refractivity contribution in [3.05, 3.63) is 47.5 Å². The Morgan fingerprint density at radius 1 is 1.38 bits per heavy atom. The van der Waals surface area contributed by atoms with Gasteiger partial charge in [-0.15, -0.1) is 12.4 Å². The number of esters is 1. The summed E-state index contributed by atoms with van der Waals surface area (Å²) in [5, 5.41) is 4.69. The summed E-state index contributed by atoms with van der Waals surface area (Å²) in [6.07, 6.45) is 3.81. The summed E-state index contributed by atoms with van der Waals surface area (Å²) < 4.78 is 7.16. The Morgan fingerprint density at radius 3 is 2.67 bits per heavy atom. The second kappa shape index (κ2) is 8.64. The zero-order valence-electron chi connectivity index (χ0n) is 11.6. The molecule has 1 unspecified atom stereocenters. The lowest BCUT2D eigenvalue weighted by atomic mass is 10.1. The molecule has 2 rings (SSSR count). The highest BCUT2D eigenvalue weighted by Gasteiger charge is 2.17. The number of carbonyl (C=O) groups is 1. The van der Waals surface area contributed by atoms with Crippen LogP contribution in [-0.2, 0) is 16.1 Å². The van der Waals surface area contributed by atoms with E-state index in [4.69, 9.17) is 16.3 Å². The molecular weight excluding hydrogens is 313 g/mol. The van der Waals surface area contributed by atoms with E-state index in [1.54, 1.807) is 23.1 Å². The molecule has 1 aromatic heterocycles. The van der Waals surface area contributed by atoms with Gasteiger partial charge in [0.1, 0.15) is 18.8 Å². The van der Waals surface area contributed by atoms with Gasteiger partial charge in [-0.2, -0.15) is 5.10 Å². The Morgan fingerprint density at radius 2 is 2.10 bits per heavy atom. The molecule has 2 aromatic rings. The topological polar surface area (TPSA) is 57.0 Å². The predicted octanol–water partition coefficient (Wildman–Crippen LogP) is 3.44. The summed E-state index contributed by atoms with van der Waals surface area (Å²) in [6.45, 7) is 2.37. The summed E-state index contributed by atoms with van der Waals surface area (Å²) in [5.41, 5.74) is 0.884. The van der Waals surface area contributed by atoms with Crippen LogP contribution in [0, 0.1) is 0 Å². The van der Waals surface area contributed by atoms with E-state index in [1.807, 2.05) is 19.1 Å². The highest BCUT2D eigenvalue weighted by Crippen LogP contribution is 2.22. The average molecular weight is 330 g/mol. The maximum atomic E-state index is 11.7. The molecular formula is C14H17Cl2N3O2. The first-order valence-corrected chi connectivity index (χ1v) is 6.84. The van der Waals surface area contributed by atoms with Gasteiger partial charge >= 0.3 is 5.97 Å². The third-order valence-electron chi connectivity index (χ3n) is 2.79. The minimum atomic E-state index is -0.395. The molecule has 1 aromatic carbocycles. The Bertz CT molecular complexity index is 544. The fourth-order valence-corrected chi connectivity index (χ4v) is 1.93. The number of ether oxygens (including phenoxy) is 1. The standard InChI is InChI=1S/C14H16ClN3O2.ClH/c1-2-3-14(19)20-13(8-18-10-16-9-17-18)11-4-6-12(15)7-5-11;/h4-7,9-10,13H,2-3,8H2,1H3;1H. The van der Waals surface area contributed by atoms with Crippen LogP contribution in [0.2, 0.25) is 5.02 Å². The number of rotatable bonds is 6. The molecule has 0 N–H and O–H groups in total. The molecule has 0 radical (unpaired) electrons. The Hall–Kier alpha value is -1.59. The summed E-state index contributed by atoms with van der Waals surface area (Å²) in [7, 11) is 0. The van der Waals surface area contributed by atoms with Crippen LogP contribution in [0.1, 0.15) is 31.4 Å². The smallest absolute Gasteiger partial charge is 0.306 e. The Labute approximate surface area is 134 Å². The first-order valence-electron chi connectivity index (χ1n) is 6.46. The van der Waals surface area contributed by atoms with Crippen LogP contribution in [0.3, 0.4) is 0 Å². The lowest BCUT2D eigenvalue weighted by Crippen LogP contribution is -2.17. The van der Waals surface area contributed by atoms with Crippen LogP contribution < -0.4 is 0 Å². The highest BCUT2D eigenvalue weighted by atomic mass is 35.5. The average Bonchev–Trinajstić information content (AvgIpc) is 2.92. The molecule has 5 nitrogen and oxygen atoms in total. The largest absolute Gasteiger partial charge is 0.455 e. The Kier molecular flexibility index (Phi) is 7.19. The van der Waals surface area contributed by atoms with Crippen LogP contribution in [0.4, 0.5) is 0 Å². The van der Waals surface area contributed by atoms with Crippen molar-refractivity contribution in [3.63, 3.8) is 0 Å². The third-order valence-corrected chi connectivity index (χ3v) is 3.04. The van der Waals surface area contributed by atoms with E-state index in [0.29, 0.717) is 18.0 Å². The van der Waals surface area contributed by atoms with E-state index in [1.165, 1.54) is 6.33 Å². The normalized spacial score (nSPS) is 11.5. The zero-order chi connectivity index (χ0) is 14.4. The number of hydrogen-bond donors (Lipinski definition) is 0. The lowest BCUT2D eigenvalue weighted by Gasteiger charge is -2.18. The van der Waals surface area contributed by atoms with Crippen LogP contribution in [-0.4, -0.2) is 20.7 Å². The molecule has 0 amide bonds. The summed E-state index contributed by atoms with van der Waals surface area (Å²) in [5.74, 6) is -0.215. The highest BCUT2D eigenvalue weighted by molar-refractivity contribution is 6.30. The summed E-state index contributed by atoms with van der Waals surface area (Å²) in [6, 6.07) is 7.25. The number of aromatic nitrogens is 3. The van der Waals surface area contributed by atoms with Crippen molar-refractivity contribution in [2.75, 3.05) is 0 Å². The fourth-order valence-electron chi connectivity index (χ4n) is 1.81. The van der Waals surface area contributed by atoms with E-state index in [9.17, 15) is 4.79 Å². The number of hydrogen-bond acceptors (Lipinski definition) is 4. The van der Waals surface area contributed by atoms with Crippen molar-refractivity contribution in [2.24, 2.45) is 0 Å². The monoisotopic (exact) mass is 329 g/mol. The van der Waals surface area contributed by atoms with E-state index in [-0.39, 0.29) is 18.4 Å². The molecule has 21 heavy (non-hydrogen) atoms. The van der Waals surface area contributed by atoms with Gasteiger partial charge in [-0.25, -0.2) is 9.67 Å². The van der Waals surface area contributed by atoms with Gasteiger partial charge in [0.15, 0.2) is 0 Å². The van der Waals surface area contributed by atoms with Crippen LogP contribution in [0.25, 0.3) is 0 Å². The predicted molar refractivity (Wildman–Crippen MR) is 82.5 cm³/mol. The van der Waals surface area contributed by atoms with E-state index >= 15 is 0 Å². The first kappa shape index (κ1) is 17.5. The Balaban J connectivity index is 0.00000220. The van der Waals surface area contributed by atoms with Crippen molar-refractivity contribution in [3.8, 4) is 0 Å². The van der Waals surface area contributed by atoms with Gasteiger partial charge < -0.3 is 4.74 Å². The van der Waals surface area contributed by atoms with Crippen LogP contribution in [0.15, 0.2) is 36.9 Å². The van der Waals surface area contributed by atoms with Crippen LogP contribution >= 0.6 is 24.0 Å². The minimum absolute atomic E-state index is 0. The van der Waals surface area contributed by atoms with E-state index < -0.39 is 6.10 Å². The number of carbonyl (C=O) groups excluding carboxylic acids is 1. The maximum absolute atomic E-state index is 11.7. The molecule has 0 aliphatic carbocycles. The van der Waals surface area contributed by atoms with Gasteiger partial charge in [0.25, 0.3) is 0 Å². The van der Waals surface area contributed by atoms with Crippen molar-refractivity contribution < 1.29 is 9.53 Å². The van der Waals surface area contributed by atoms with E-state index in [0.717, 1.165) is 12.0 Å². The first-order chi connectivity index (χ1) is 9.69. The number of nitrogens with zero attached hydrogens (tertiary/aromatic N) is 3. The van der Waals surface area contributed by atoms with Gasteiger partial charge in [0, 0.05) is 11.4 Å². The second-order valence-corrected chi connectivity index (χ2v) is 4.83. The SMILES string of the molecule is CCCC(=O)OC(Cn1cncn1)c1ccc(Cl)cc1.Cl. The van der Waals surface area contributed by atoms with Crippen molar-refractivity contribution >= 4 is 30.0 Å². The quantitative estimate of drug-likeness (QED) is 0.762. The molecule has 0 spiro atoms. The van der Waals surface area contributed by atoms with Crippen molar-refractivity contribution in [1.82, 2.24) is 14.8 Å². The number of halogens is 2. The summed E-state index contributed by atoms with van der Waals surface area (Å²) in [4.78, 5) is 15.6. The van der Waals surface area contributed by atoms with Crippen LogP contribution in [0.5, 0.6) is 0 Å². The molecule has 0 bridgehead atoms. The number of benzene rings is 1. The minimum Gasteiger partial charge on any atom is -0.455 e. The maximum Gasteiger partial charge on any atom is 0.306 e. The van der Waals surface area contributed by atoms with Gasteiger partial charge in [0.2, 0.25) is 0 Å². The molecule has 0 aliphatic rings. The van der Waals surface area contributed by atoms with Gasteiger partial charge in [0.05, 0.1) is 6.54 Å². The molecule has 0 fully saturated rings. The molecule has 1 atom stereocenters. The molecule has 0 saturated carbocycles. The second-order valence-electron chi connectivity index (χ2n) is 4.40. The van der Waals surface area contributed by atoms with Crippen molar-refractivity contribution in [2.45, 2.75) is 32.4 Å². The molecule has 1 heterocycles. The fraction of sp³-hybridized carbons (Fsp3) is 0.357. The molecule has 0 aliphatic heterocycles. The molecule has 114 valence electrons. The molecule has 7 heteroatoms. The van der Waals surface area contributed by atoms with Gasteiger partial charge in [-0.3, -0.25) is 4.79 Å². The lowest BCUT2D eigenvalue weighted by molar-refractivity contribution is -0.150. The molecule has 0 saturated heterocycles.